The zero-order chi connectivity index (χ0) is 12.8. The second-order valence-corrected chi connectivity index (χ2v) is 4.46. The number of ether oxygens (including phenoxy) is 2. The lowest BCUT2D eigenvalue weighted by molar-refractivity contribution is -0.128. The summed E-state index contributed by atoms with van der Waals surface area (Å²) in [7, 11) is 1.64. The summed E-state index contributed by atoms with van der Waals surface area (Å²) in [6.07, 6.45) is 1.65. The molecule has 18 heavy (non-hydrogen) atoms. The molecular weight excluding hydrogens is 230 g/mol. The van der Waals surface area contributed by atoms with Crippen molar-refractivity contribution in [1.82, 2.24) is 5.32 Å². The molecule has 4 nitrogen and oxygen atoms in total. The molecule has 1 fully saturated rings. The fraction of sp³-hybridized carbons (Fsp3) is 0.500. The number of hydrogen-bond acceptors (Lipinski definition) is 3. The van der Waals surface area contributed by atoms with Gasteiger partial charge in [0, 0.05) is 25.7 Å². The van der Waals surface area contributed by atoms with E-state index in [9.17, 15) is 4.79 Å². The molecule has 1 N–H and O–H groups in total. The van der Waals surface area contributed by atoms with E-state index in [0.717, 1.165) is 24.2 Å². The summed E-state index contributed by atoms with van der Waals surface area (Å²) in [5.74, 6) is 1.04. The van der Waals surface area contributed by atoms with E-state index in [0.29, 0.717) is 19.8 Å². The van der Waals surface area contributed by atoms with Gasteiger partial charge in [0.1, 0.15) is 5.75 Å². The van der Waals surface area contributed by atoms with Gasteiger partial charge in [-0.2, -0.15) is 0 Å². The third kappa shape index (κ3) is 3.47. The maximum Gasteiger partial charge on any atom is 0.223 e. The van der Waals surface area contributed by atoms with Crippen molar-refractivity contribution in [1.29, 1.82) is 0 Å². The Kier molecular flexibility index (Phi) is 4.59. The number of carbonyl (C=O) groups excluding carboxylic acids is 1. The summed E-state index contributed by atoms with van der Waals surface area (Å²) in [4.78, 5) is 11.9. The Morgan fingerprint density at radius 2 is 2.22 bits per heavy atom. The Hall–Kier alpha value is -1.55. The van der Waals surface area contributed by atoms with Crippen molar-refractivity contribution in [3.63, 3.8) is 0 Å². The summed E-state index contributed by atoms with van der Waals surface area (Å²) >= 11 is 0. The number of amides is 1. The number of rotatable bonds is 4. The van der Waals surface area contributed by atoms with Gasteiger partial charge in [-0.1, -0.05) is 12.1 Å². The molecule has 0 saturated carbocycles. The van der Waals surface area contributed by atoms with Gasteiger partial charge in [0.25, 0.3) is 0 Å². The lowest BCUT2D eigenvalue weighted by Gasteiger charge is -2.21. The van der Waals surface area contributed by atoms with E-state index >= 15 is 0 Å². The first-order valence-corrected chi connectivity index (χ1v) is 6.28. The molecule has 1 heterocycles. The molecule has 0 bridgehead atoms. The van der Waals surface area contributed by atoms with Crippen LogP contribution in [0.1, 0.15) is 18.4 Å². The Bertz CT molecular complexity index is 400. The zero-order valence-corrected chi connectivity index (χ0v) is 10.6. The average molecular weight is 249 g/mol. The van der Waals surface area contributed by atoms with Gasteiger partial charge in [0.15, 0.2) is 0 Å². The monoisotopic (exact) mass is 249 g/mol. The van der Waals surface area contributed by atoms with Gasteiger partial charge < -0.3 is 14.8 Å². The molecule has 1 saturated heterocycles. The van der Waals surface area contributed by atoms with Crippen LogP contribution in [0.2, 0.25) is 0 Å². The molecule has 0 aliphatic carbocycles. The van der Waals surface area contributed by atoms with Crippen LogP contribution < -0.4 is 10.1 Å². The van der Waals surface area contributed by atoms with Gasteiger partial charge in [0.05, 0.1) is 7.11 Å². The van der Waals surface area contributed by atoms with Gasteiger partial charge in [-0.25, -0.2) is 0 Å². The maximum absolute atomic E-state index is 11.9. The smallest absolute Gasteiger partial charge is 0.223 e. The van der Waals surface area contributed by atoms with Crippen molar-refractivity contribution in [2.75, 3.05) is 20.3 Å². The van der Waals surface area contributed by atoms with Crippen LogP contribution in [0, 0.1) is 5.92 Å². The highest BCUT2D eigenvalue weighted by Crippen LogP contribution is 2.16. The van der Waals surface area contributed by atoms with Crippen molar-refractivity contribution in [2.45, 2.75) is 19.4 Å². The Balaban J connectivity index is 1.84. The van der Waals surface area contributed by atoms with Crippen molar-refractivity contribution >= 4 is 5.91 Å². The van der Waals surface area contributed by atoms with Crippen LogP contribution in [-0.4, -0.2) is 26.2 Å². The predicted molar refractivity (Wildman–Crippen MR) is 68.4 cm³/mol. The molecule has 1 aliphatic rings. The quantitative estimate of drug-likeness (QED) is 0.884. The minimum absolute atomic E-state index is 0.101. The molecule has 4 heteroatoms. The highest BCUT2D eigenvalue weighted by molar-refractivity contribution is 5.78. The summed E-state index contributed by atoms with van der Waals surface area (Å²) in [5, 5.41) is 2.97. The second-order valence-electron chi connectivity index (χ2n) is 4.46. The minimum Gasteiger partial charge on any atom is -0.497 e. The first-order valence-electron chi connectivity index (χ1n) is 6.28. The molecule has 0 atom stereocenters. The molecule has 1 aromatic carbocycles. The fourth-order valence-electron chi connectivity index (χ4n) is 2.08. The zero-order valence-electron chi connectivity index (χ0n) is 10.6. The minimum atomic E-state index is 0.101. The van der Waals surface area contributed by atoms with Crippen LogP contribution >= 0.6 is 0 Å². The van der Waals surface area contributed by atoms with E-state index < -0.39 is 0 Å². The molecule has 0 radical (unpaired) electrons. The fourth-order valence-corrected chi connectivity index (χ4v) is 2.08. The molecule has 2 rings (SSSR count). The number of carbonyl (C=O) groups is 1. The average Bonchev–Trinajstić information content (AvgIpc) is 2.46. The van der Waals surface area contributed by atoms with E-state index in [1.54, 1.807) is 7.11 Å². The van der Waals surface area contributed by atoms with Crippen LogP contribution in [0.3, 0.4) is 0 Å². The maximum atomic E-state index is 11.9. The third-order valence-corrected chi connectivity index (χ3v) is 3.19. The summed E-state index contributed by atoms with van der Waals surface area (Å²) in [5.41, 5.74) is 1.05. The van der Waals surface area contributed by atoms with E-state index in [1.807, 2.05) is 24.3 Å². The largest absolute Gasteiger partial charge is 0.497 e. The standard InChI is InChI=1S/C14H19NO3/c1-17-13-4-2-3-11(9-13)10-15-14(16)12-5-7-18-8-6-12/h2-4,9,12H,5-8,10H2,1H3,(H,15,16). The molecular formula is C14H19NO3. The van der Waals surface area contributed by atoms with Crippen molar-refractivity contribution in [3.8, 4) is 5.75 Å². The first kappa shape index (κ1) is 12.9. The summed E-state index contributed by atoms with van der Waals surface area (Å²) in [6.45, 7) is 1.93. The van der Waals surface area contributed by atoms with Gasteiger partial charge in [-0.3, -0.25) is 4.79 Å². The molecule has 1 aliphatic heterocycles. The van der Waals surface area contributed by atoms with Gasteiger partial charge in [0.2, 0.25) is 5.91 Å². The number of methoxy groups -OCH3 is 1. The van der Waals surface area contributed by atoms with E-state index in [1.165, 1.54) is 0 Å². The van der Waals surface area contributed by atoms with Gasteiger partial charge in [-0.05, 0) is 30.5 Å². The van der Waals surface area contributed by atoms with Crippen LogP contribution in [0.5, 0.6) is 5.75 Å². The van der Waals surface area contributed by atoms with Crippen molar-refractivity contribution in [3.05, 3.63) is 29.8 Å². The molecule has 98 valence electrons. The topological polar surface area (TPSA) is 47.6 Å². The second kappa shape index (κ2) is 6.40. The lowest BCUT2D eigenvalue weighted by Crippen LogP contribution is -2.33. The highest BCUT2D eigenvalue weighted by Gasteiger charge is 2.20. The van der Waals surface area contributed by atoms with Crippen LogP contribution in [-0.2, 0) is 16.1 Å². The third-order valence-electron chi connectivity index (χ3n) is 3.19. The Labute approximate surface area is 107 Å². The van der Waals surface area contributed by atoms with E-state index in [4.69, 9.17) is 9.47 Å². The molecule has 1 amide bonds. The van der Waals surface area contributed by atoms with Crippen LogP contribution in [0.4, 0.5) is 0 Å². The Morgan fingerprint density at radius 1 is 1.44 bits per heavy atom. The Morgan fingerprint density at radius 3 is 2.94 bits per heavy atom. The van der Waals surface area contributed by atoms with Gasteiger partial charge in [-0.15, -0.1) is 0 Å². The molecule has 0 aromatic heterocycles. The van der Waals surface area contributed by atoms with Crippen molar-refractivity contribution < 1.29 is 14.3 Å². The summed E-state index contributed by atoms with van der Waals surface area (Å²) in [6, 6.07) is 7.73. The molecule has 1 aromatic rings. The lowest BCUT2D eigenvalue weighted by atomic mass is 9.99. The normalized spacial score (nSPS) is 16.3. The van der Waals surface area contributed by atoms with Crippen LogP contribution in [0.25, 0.3) is 0 Å². The summed E-state index contributed by atoms with van der Waals surface area (Å²) < 4.78 is 10.4. The highest BCUT2D eigenvalue weighted by atomic mass is 16.5. The molecule has 0 unspecified atom stereocenters. The van der Waals surface area contributed by atoms with E-state index in [2.05, 4.69) is 5.32 Å². The number of nitrogens with one attached hydrogen (secondary N) is 1. The van der Waals surface area contributed by atoms with E-state index in [-0.39, 0.29) is 11.8 Å². The molecule has 0 spiro atoms. The number of benzene rings is 1. The van der Waals surface area contributed by atoms with Crippen molar-refractivity contribution in [2.24, 2.45) is 5.92 Å². The SMILES string of the molecule is COc1cccc(CNC(=O)C2CCOCC2)c1. The first-order chi connectivity index (χ1) is 8.79. The van der Waals surface area contributed by atoms with Crippen LogP contribution in [0.15, 0.2) is 24.3 Å². The predicted octanol–water partition coefficient (Wildman–Crippen LogP) is 1.74. The van der Waals surface area contributed by atoms with Gasteiger partial charge >= 0.3 is 0 Å². The number of hydrogen-bond donors (Lipinski definition) is 1.